The van der Waals surface area contributed by atoms with Gasteiger partial charge in [0.05, 0.1) is 11.7 Å². The average molecular weight is 287 g/mol. The normalized spacial score (nSPS) is 13.7. The molecule has 112 valence electrons. The largest absolute Gasteiger partial charge is 0.445 e. The van der Waals surface area contributed by atoms with E-state index >= 15 is 0 Å². The van der Waals surface area contributed by atoms with Gasteiger partial charge in [-0.25, -0.2) is 4.98 Å². The Bertz CT molecular complexity index is 618. The molecule has 0 radical (unpaired) electrons. The first-order valence-electron chi connectivity index (χ1n) is 7.05. The SMILES string of the molecule is CCCC(C)(N)C(=O)Nc1ccc(C)c(-c2ncco2)c1. The number of oxazole rings is 1. The predicted octanol–water partition coefficient (Wildman–Crippen LogP) is 3.11. The molecule has 1 aromatic carbocycles. The van der Waals surface area contributed by atoms with Crippen molar-refractivity contribution in [3.8, 4) is 11.5 Å². The zero-order valence-corrected chi connectivity index (χ0v) is 12.6. The highest BCUT2D eigenvalue weighted by Gasteiger charge is 2.27. The van der Waals surface area contributed by atoms with E-state index in [-0.39, 0.29) is 5.91 Å². The van der Waals surface area contributed by atoms with Crippen LogP contribution in [0.4, 0.5) is 5.69 Å². The van der Waals surface area contributed by atoms with Gasteiger partial charge in [-0.1, -0.05) is 19.4 Å². The van der Waals surface area contributed by atoms with Crippen LogP contribution in [0.25, 0.3) is 11.5 Å². The number of nitrogens with zero attached hydrogens (tertiary/aromatic N) is 1. The van der Waals surface area contributed by atoms with E-state index in [0.717, 1.165) is 17.5 Å². The summed E-state index contributed by atoms with van der Waals surface area (Å²) in [6.07, 6.45) is 4.61. The molecule has 2 aromatic rings. The molecular formula is C16H21N3O2. The van der Waals surface area contributed by atoms with E-state index in [1.807, 2.05) is 32.0 Å². The van der Waals surface area contributed by atoms with Crippen LogP contribution in [0.1, 0.15) is 32.3 Å². The third-order valence-corrected chi connectivity index (χ3v) is 3.45. The van der Waals surface area contributed by atoms with Crippen molar-refractivity contribution in [1.29, 1.82) is 0 Å². The Kier molecular flexibility index (Phi) is 4.43. The number of anilines is 1. The fourth-order valence-electron chi connectivity index (χ4n) is 2.19. The third-order valence-electron chi connectivity index (χ3n) is 3.45. The Balaban J connectivity index is 2.22. The summed E-state index contributed by atoms with van der Waals surface area (Å²) >= 11 is 0. The second-order valence-electron chi connectivity index (χ2n) is 5.49. The maximum Gasteiger partial charge on any atom is 0.244 e. The van der Waals surface area contributed by atoms with Crippen LogP contribution in [0.2, 0.25) is 0 Å². The Morgan fingerprint density at radius 1 is 1.48 bits per heavy atom. The van der Waals surface area contributed by atoms with Crippen molar-refractivity contribution in [3.05, 3.63) is 36.2 Å². The van der Waals surface area contributed by atoms with Gasteiger partial charge in [0, 0.05) is 11.3 Å². The third kappa shape index (κ3) is 3.49. The lowest BCUT2D eigenvalue weighted by atomic mass is 9.96. The summed E-state index contributed by atoms with van der Waals surface area (Å²) in [6, 6.07) is 5.62. The number of hydrogen-bond donors (Lipinski definition) is 2. The van der Waals surface area contributed by atoms with Gasteiger partial charge in [-0.05, 0) is 38.0 Å². The number of aryl methyl sites for hydroxylation is 1. The van der Waals surface area contributed by atoms with Crippen molar-refractivity contribution in [3.63, 3.8) is 0 Å². The molecule has 0 saturated carbocycles. The molecule has 0 saturated heterocycles. The van der Waals surface area contributed by atoms with Crippen LogP contribution in [0.5, 0.6) is 0 Å². The number of aromatic nitrogens is 1. The fourth-order valence-corrected chi connectivity index (χ4v) is 2.19. The molecule has 5 nitrogen and oxygen atoms in total. The van der Waals surface area contributed by atoms with Gasteiger partial charge >= 0.3 is 0 Å². The Morgan fingerprint density at radius 2 is 2.24 bits per heavy atom. The lowest BCUT2D eigenvalue weighted by Crippen LogP contribution is -2.48. The summed E-state index contributed by atoms with van der Waals surface area (Å²) in [5.74, 6) is 0.347. The number of carbonyl (C=O) groups excluding carboxylic acids is 1. The molecule has 1 heterocycles. The molecule has 3 N–H and O–H groups in total. The van der Waals surface area contributed by atoms with Crippen molar-refractivity contribution in [2.45, 2.75) is 39.2 Å². The van der Waals surface area contributed by atoms with Crippen molar-refractivity contribution < 1.29 is 9.21 Å². The zero-order valence-electron chi connectivity index (χ0n) is 12.6. The maximum absolute atomic E-state index is 12.2. The second kappa shape index (κ2) is 6.10. The van der Waals surface area contributed by atoms with Crippen LogP contribution >= 0.6 is 0 Å². The van der Waals surface area contributed by atoms with Gasteiger partial charge in [0.1, 0.15) is 6.26 Å². The van der Waals surface area contributed by atoms with Gasteiger partial charge in [0.15, 0.2) is 0 Å². The number of nitrogens with two attached hydrogens (primary N) is 1. The molecule has 1 amide bonds. The topological polar surface area (TPSA) is 81.2 Å². The summed E-state index contributed by atoms with van der Waals surface area (Å²) in [5, 5.41) is 2.86. The van der Waals surface area contributed by atoms with Crippen molar-refractivity contribution in [2.24, 2.45) is 5.73 Å². The number of benzene rings is 1. The first-order chi connectivity index (χ1) is 9.94. The molecule has 1 unspecified atom stereocenters. The standard InChI is InChI=1S/C16H21N3O2/c1-4-7-16(3,17)15(20)19-12-6-5-11(2)13(10-12)14-18-8-9-21-14/h5-6,8-10H,4,7,17H2,1-3H3,(H,19,20). The van der Waals surface area contributed by atoms with Crippen LogP contribution in [0, 0.1) is 6.92 Å². The first kappa shape index (κ1) is 15.3. The average Bonchev–Trinajstić information content (AvgIpc) is 2.94. The molecule has 2 rings (SSSR count). The fraction of sp³-hybridized carbons (Fsp3) is 0.375. The summed E-state index contributed by atoms with van der Waals surface area (Å²) in [7, 11) is 0. The number of rotatable bonds is 5. The lowest BCUT2D eigenvalue weighted by Gasteiger charge is -2.23. The number of nitrogens with one attached hydrogen (secondary N) is 1. The van der Waals surface area contributed by atoms with Gasteiger partial charge in [-0.2, -0.15) is 0 Å². The van der Waals surface area contributed by atoms with Crippen LogP contribution < -0.4 is 11.1 Å². The molecule has 0 aliphatic heterocycles. The lowest BCUT2D eigenvalue weighted by molar-refractivity contribution is -0.120. The maximum atomic E-state index is 12.2. The van der Waals surface area contributed by atoms with Crippen LogP contribution in [-0.4, -0.2) is 16.4 Å². The molecular weight excluding hydrogens is 266 g/mol. The molecule has 0 aliphatic rings. The summed E-state index contributed by atoms with van der Waals surface area (Å²) < 4.78 is 5.32. The smallest absolute Gasteiger partial charge is 0.244 e. The number of carbonyl (C=O) groups is 1. The molecule has 21 heavy (non-hydrogen) atoms. The van der Waals surface area contributed by atoms with E-state index in [2.05, 4.69) is 10.3 Å². The van der Waals surface area contributed by atoms with Crippen LogP contribution in [0.15, 0.2) is 35.1 Å². The summed E-state index contributed by atoms with van der Waals surface area (Å²) in [6.45, 7) is 5.72. The summed E-state index contributed by atoms with van der Waals surface area (Å²) in [5.41, 5.74) is 7.73. The number of amides is 1. The minimum Gasteiger partial charge on any atom is -0.445 e. The number of hydrogen-bond acceptors (Lipinski definition) is 4. The minimum atomic E-state index is -0.872. The van der Waals surface area contributed by atoms with Crippen molar-refractivity contribution in [2.75, 3.05) is 5.32 Å². The van der Waals surface area contributed by atoms with Gasteiger partial charge in [-0.15, -0.1) is 0 Å². The van der Waals surface area contributed by atoms with E-state index in [1.165, 1.54) is 6.26 Å². The molecule has 1 atom stereocenters. The van der Waals surface area contributed by atoms with Crippen LogP contribution in [-0.2, 0) is 4.79 Å². The minimum absolute atomic E-state index is 0.188. The highest BCUT2D eigenvalue weighted by molar-refractivity contribution is 5.98. The van der Waals surface area contributed by atoms with Gasteiger partial charge in [0.2, 0.25) is 11.8 Å². The summed E-state index contributed by atoms with van der Waals surface area (Å²) in [4.78, 5) is 16.4. The van der Waals surface area contributed by atoms with E-state index in [1.54, 1.807) is 13.1 Å². The van der Waals surface area contributed by atoms with Crippen molar-refractivity contribution in [1.82, 2.24) is 4.98 Å². The predicted molar refractivity (Wildman–Crippen MR) is 82.8 cm³/mol. The quantitative estimate of drug-likeness (QED) is 0.885. The molecule has 5 heteroatoms. The second-order valence-corrected chi connectivity index (χ2v) is 5.49. The molecule has 0 bridgehead atoms. The Labute approximate surface area is 124 Å². The molecule has 0 spiro atoms. The Morgan fingerprint density at radius 3 is 2.86 bits per heavy atom. The highest BCUT2D eigenvalue weighted by Crippen LogP contribution is 2.25. The first-order valence-corrected chi connectivity index (χ1v) is 7.05. The van der Waals surface area contributed by atoms with Crippen molar-refractivity contribution >= 4 is 11.6 Å². The van der Waals surface area contributed by atoms with Gasteiger partial charge < -0.3 is 15.5 Å². The monoisotopic (exact) mass is 287 g/mol. The van der Waals surface area contributed by atoms with E-state index in [9.17, 15) is 4.79 Å². The van der Waals surface area contributed by atoms with Crippen LogP contribution in [0.3, 0.4) is 0 Å². The van der Waals surface area contributed by atoms with E-state index < -0.39 is 5.54 Å². The Hall–Kier alpha value is -2.14. The van der Waals surface area contributed by atoms with E-state index in [4.69, 9.17) is 10.2 Å². The highest BCUT2D eigenvalue weighted by atomic mass is 16.3. The van der Waals surface area contributed by atoms with Gasteiger partial charge in [-0.3, -0.25) is 4.79 Å². The van der Waals surface area contributed by atoms with Gasteiger partial charge in [0.25, 0.3) is 0 Å². The molecule has 0 aliphatic carbocycles. The molecule has 1 aromatic heterocycles. The molecule has 0 fully saturated rings. The zero-order chi connectivity index (χ0) is 15.5. The van der Waals surface area contributed by atoms with E-state index in [0.29, 0.717) is 18.0 Å².